The lowest BCUT2D eigenvalue weighted by molar-refractivity contribution is 0.0727. The van der Waals surface area contributed by atoms with Crippen LogP contribution in [0.5, 0.6) is 17.2 Å². The maximum absolute atomic E-state index is 13.2. The predicted molar refractivity (Wildman–Crippen MR) is 110 cm³/mol. The molecule has 3 aromatic rings. The lowest BCUT2D eigenvalue weighted by Crippen LogP contribution is -2.36. The SMILES string of the molecule is Nc1cccc2c1CN(C(=O)c1c(O)cc(O)cc1OCc1ccccc1)CC2. The highest BCUT2D eigenvalue weighted by Gasteiger charge is 2.28. The van der Waals surface area contributed by atoms with Crippen molar-refractivity contribution in [2.75, 3.05) is 12.3 Å². The molecule has 1 aliphatic rings. The number of amides is 1. The summed E-state index contributed by atoms with van der Waals surface area (Å²) in [5.74, 6) is -0.706. The highest BCUT2D eigenvalue weighted by molar-refractivity contribution is 6.00. The van der Waals surface area contributed by atoms with E-state index in [9.17, 15) is 15.0 Å². The Morgan fingerprint density at radius 3 is 2.66 bits per heavy atom. The summed E-state index contributed by atoms with van der Waals surface area (Å²) >= 11 is 0. The summed E-state index contributed by atoms with van der Waals surface area (Å²) in [4.78, 5) is 14.9. The number of nitrogens with two attached hydrogens (primary N) is 1. The van der Waals surface area contributed by atoms with Crippen molar-refractivity contribution in [1.29, 1.82) is 0 Å². The monoisotopic (exact) mass is 390 g/mol. The van der Waals surface area contributed by atoms with Gasteiger partial charge in [0.1, 0.15) is 29.4 Å². The van der Waals surface area contributed by atoms with Crippen molar-refractivity contribution in [3.8, 4) is 17.2 Å². The summed E-state index contributed by atoms with van der Waals surface area (Å²) in [6, 6.07) is 17.7. The van der Waals surface area contributed by atoms with Crippen molar-refractivity contribution in [3.05, 3.63) is 82.9 Å². The van der Waals surface area contributed by atoms with Crippen molar-refractivity contribution < 1.29 is 19.7 Å². The molecule has 0 aromatic heterocycles. The molecule has 0 spiro atoms. The molecule has 0 atom stereocenters. The van der Waals surface area contributed by atoms with Gasteiger partial charge >= 0.3 is 0 Å². The first kappa shape index (κ1) is 18.7. The molecular weight excluding hydrogens is 368 g/mol. The molecule has 0 aliphatic carbocycles. The van der Waals surface area contributed by atoms with Gasteiger partial charge in [-0.15, -0.1) is 0 Å². The molecule has 3 aromatic carbocycles. The summed E-state index contributed by atoms with van der Waals surface area (Å²) in [6.07, 6.45) is 0.686. The third-order valence-corrected chi connectivity index (χ3v) is 5.11. The zero-order valence-electron chi connectivity index (χ0n) is 15.8. The van der Waals surface area contributed by atoms with E-state index < -0.39 is 0 Å². The Kier molecular flexibility index (Phi) is 4.99. The first-order valence-electron chi connectivity index (χ1n) is 9.41. The van der Waals surface area contributed by atoms with Gasteiger partial charge in [-0.3, -0.25) is 4.79 Å². The zero-order valence-corrected chi connectivity index (χ0v) is 15.8. The van der Waals surface area contributed by atoms with Crippen LogP contribution in [0.15, 0.2) is 60.7 Å². The second-order valence-electron chi connectivity index (χ2n) is 7.07. The zero-order chi connectivity index (χ0) is 20.4. The fraction of sp³-hybridized carbons (Fsp3) is 0.174. The van der Waals surface area contributed by atoms with Crippen molar-refractivity contribution in [1.82, 2.24) is 4.90 Å². The average molecular weight is 390 g/mol. The van der Waals surface area contributed by atoms with Gasteiger partial charge < -0.3 is 25.6 Å². The molecule has 0 unspecified atom stereocenters. The maximum atomic E-state index is 13.2. The number of rotatable bonds is 4. The Hall–Kier alpha value is -3.67. The van der Waals surface area contributed by atoms with Crippen LogP contribution in [0.2, 0.25) is 0 Å². The average Bonchev–Trinajstić information content (AvgIpc) is 2.72. The lowest BCUT2D eigenvalue weighted by atomic mass is 9.97. The smallest absolute Gasteiger partial charge is 0.261 e. The Morgan fingerprint density at radius 2 is 1.86 bits per heavy atom. The number of carbonyl (C=O) groups is 1. The van der Waals surface area contributed by atoms with Crippen molar-refractivity contribution in [2.24, 2.45) is 0 Å². The second-order valence-corrected chi connectivity index (χ2v) is 7.07. The molecule has 6 heteroatoms. The number of nitrogens with zero attached hydrogens (tertiary/aromatic N) is 1. The van der Waals surface area contributed by atoms with E-state index in [1.165, 1.54) is 6.07 Å². The number of aromatic hydroxyl groups is 2. The van der Waals surface area contributed by atoms with Gasteiger partial charge in [-0.25, -0.2) is 0 Å². The van der Waals surface area contributed by atoms with E-state index >= 15 is 0 Å². The number of phenolic OH excluding ortho intramolecular Hbond substituents is 2. The third kappa shape index (κ3) is 3.82. The quantitative estimate of drug-likeness (QED) is 0.593. The molecule has 0 radical (unpaired) electrons. The minimum Gasteiger partial charge on any atom is -0.508 e. The number of hydrogen-bond acceptors (Lipinski definition) is 5. The lowest BCUT2D eigenvalue weighted by Gasteiger charge is -2.30. The number of benzene rings is 3. The molecule has 0 saturated carbocycles. The molecule has 6 nitrogen and oxygen atoms in total. The molecule has 1 aliphatic heterocycles. The van der Waals surface area contributed by atoms with Crippen LogP contribution in [0, 0.1) is 0 Å². The molecule has 0 bridgehead atoms. The van der Waals surface area contributed by atoms with Gasteiger partial charge in [0.05, 0.1) is 0 Å². The van der Waals surface area contributed by atoms with E-state index in [-0.39, 0.29) is 35.3 Å². The number of carbonyl (C=O) groups excluding carboxylic acids is 1. The Labute approximate surface area is 168 Å². The Balaban J connectivity index is 1.62. The normalized spacial score (nSPS) is 13.0. The number of phenols is 2. The van der Waals surface area contributed by atoms with E-state index in [0.29, 0.717) is 25.2 Å². The highest BCUT2D eigenvalue weighted by atomic mass is 16.5. The van der Waals surface area contributed by atoms with Gasteiger partial charge in [0.25, 0.3) is 5.91 Å². The Morgan fingerprint density at radius 1 is 1.07 bits per heavy atom. The van der Waals surface area contributed by atoms with E-state index in [2.05, 4.69) is 0 Å². The van der Waals surface area contributed by atoms with Crippen LogP contribution >= 0.6 is 0 Å². The van der Waals surface area contributed by atoms with Crippen molar-refractivity contribution in [3.63, 3.8) is 0 Å². The molecule has 0 saturated heterocycles. The predicted octanol–water partition coefficient (Wildman–Crippen LogP) is 3.46. The van der Waals surface area contributed by atoms with Gasteiger partial charge in [0.2, 0.25) is 0 Å². The van der Waals surface area contributed by atoms with Crippen LogP contribution in [-0.4, -0.2) is 27.6 Å². The largest absolute Gasteiger partial charge is 0.508 e. The highest BCUT2D eigenvalue weighted by Crippen LogP contribution is 2.36. The summed E-state index contributed by atoms with van der Waals surface area (Å²) < 4.78 is 5.80. The van der Waals surface area contributed by atoms with Crippen LogP contribution < -0.4 is 10.5 Å². The van der Waals surface area contributed by atoms with Crippen LogP contribution in [0.3, 0.4) is 0 Å². The first-order valence-corrected chi connectivity index (χ1v) is 9.41. The number of anilines is 1. The molecular formula is C23H22N2O4. The summed E-state index contributed by atoms with van der Waals surface area (Å²) in [5.41, 5.74) is 9.74. The second kappa shape index (κ2) is 7.75. The molecule has 29 heavy (non-hydrogen) atoms. The minimum absolute atomic E-state index is 0.0386. The molecule has 1 amide bonds. The topological polar surface area (TPSA) is 96.0 Å². The van der Waals surface area contributed by atoms with E-state index in [0.717, 1.165) is 22.8 Å². The Bertz CT molecular complexity index is 1050. The number of fused-ring (bicyclic) bond motifs is 1. The number of nitrogen functional groups attached to an aromatic ring is 1. The van der Waals surface area contributed by atoms with Crippen molar-refractivity contribution in [2.45, 2.75) is 19.6 Å². The fourth-order valence-electron chi connectivity index (χ4n) is 3.59. The number of ether oxygens (including phenoxy) is 1. The standard InChI is InChI=1S/C23H22N2O4/c24-19-8-4-7-16-9-10-25(13-18(16)19)23(28)22-20(27)11-17(26)12-21(22)29-14-15-5-2-1-3-6-15/h1-8,11-12,26-27H,9-10,13-14,24H2. The first-order chi connectivity index (χ1) is 14.0. The van der Waals surface area contributed by atoms with Gasteiger partial charge in [0, 0.05) is 30.9 Å². The third-order valence-electron chi connectivity index (χ3n) is 5.11. The van der Waals surface area contributed by atoms with Crippen LogP contribution in [0.1, 0.15) is 27.0 Å². The van der Waals surface area contributed by atoms with E-state index in [4.69, 9.17) is 10.5 Å². The van der Waals surface area contributed by atoms with Crippen LogP contribution in [-0.2, 0) is 19.6 Å². The fourth-order valence-corrected chi connectivity index (χ4v) is 3.59. The van der Waals surface area contributed by atoms with Gasteiger partial charge in [-0.05, 0) is 29.2 Å². The molecule has 4 N–H and O–H groups in total. The van der Waals surface area contributed by atoms with Crippen LogP contribution in [0.4, 0.5) is 5.69 Å². The van der Waals surface area contributed by atoms with Gasteiger partial charge in [-0.2, -0.15) is 0 Å². The summed E-state index contributed by atoms with van der Waals surface area (Å²) in [7, 11) is 0. The summed E-state index contributed by atoms with van der Waals surface area (Å²) in [6.45, 7) is 1.08. The van der Waals surface area contributed by atoms with Crippen molar-refractivity contribution >= 4 is 11.6 Å². The molecule has 1 heterocycles. The van der Waals surface area contributed by atoms with Gasteiger partial charge in [-0.1, -0.05) is 42.5 Å². The van der Waals surface area contributed by atoms with Crippen LogP contribution in [0.25, 0.3) is 0 Å². The molecule has 4 rings (SSSR count). The number of hydrogen-bond donors (Lipinski definition) is 3. The van der Waals surface area contributed by atoms with E-state index in [1.807, 2.05) is 48.5 Å². The van der Waals surface area contributed by atoms with E-state index in [1.54, 1.807) is 4.90 Å². The minimum atomic E-state index is -0.362. The van der Waals surface area contributed by atoms with Gasteiger partial charge in [0.15, 0.2) is 0 Å². The molecule has 0 fully saturated rings. The summed E-state index contributed by atoms with van der Waals surface area (Å²) in [5, 5.41) is 20.3. The molecule has 148 valence electrons. The maximum Gasteiger partial charge on any atom is 0.261 e.